The number of nitrogens with one attached hydrogen (secondary N) is 1. The SMILES string of the molecule is C=CCNC(=O)C(C)N(Cc1ccc(OC)cc1)C(=O)Cc1ccccc1. The van der Waals surface area contributed by atoms with E-state index in [1.165, 1.54) is 0 Å². The van der Waals surface area contributed by atoms with Gasteiger partial charge >= 0.3 is 0 Å². The first-order valence-corrected chi connectivity index (χ1v) is 8.90. The van der Waals surface area contributed by atoms with E-state index in [2.05, 4.69) is 11.9 Å². The zero-order chi connectivity index (χ0) is 19.6. The summed E-state index contributed by atoms with van der Waals surface area (Å²) in [6.45, 7) is 6.06. The molecule has 142 valence electrons. The molecule has 5 nitrogen and oxygen atoms in total. The van der Waals surface area contributed by atoms with E-state index in [-0.39, 0.29) is 18.2 Å². The molecule has 5 heteroatoms. The van der Waals surface area contributed by atoms with Crippen LogP contribution in [0.2, 0.25) is 0 Å². The highest BCUT2D eigenvalue weighted by atomic mass is 16.5. The minimum absolute atomic E-state index is 0.0988. The molecule has 0 bridgehead atoms. The predicted molar refractivity (Wildman–Crippen MR) is 106 cm³/mol. The largest absolute Gasteiger partial charge is 0.497 e. The Labute approximate surface area is 160 Å². The van der Waals surface area contributed by atoms with Gasteiger partial charge in [0.1, 0.15) is 11.8 Å². The van der Waals surface area contributed by atoms with E-state index >= 15 is 0 Å². The highest BCUT2D eigenvalue weighted by Crippen LogP contribution is 2.16. The Morgan fingerprint density at radius 2 is 1.78 bits per heavy atom. The molecule has 2 aromatic rings. The maximum absolute atomic E-state index is 13.0. The van der Waals surface area contributed by atoms with Crippen molar-refractivity contribution in [1.29, 1.82) is 0 Å². The number of hydrogen-bond acceptors (Lipinski definition) is 3. The topological polar surface area (TPSA) is 58.6 Å². The molecule has 2 aromatic carbocycles. The molecule has 0 aliphatic carbocycles. The number of carbonyl (C=O) groups is 2. The first-order valence-electron chi connectivity index (χ1n) is 8.90. The van der Waals surface area contributed by atoms with Crippen LogP contribution < -0.4 is 10.1 Å². The van der Waals surface area contributed by atoms with Crippen LogP contribution in [0.1, 0.15) is 18.1 Å². The summed E-state index contributed by atoms with van der Waals surface area (Å²) in [5.41, 5.74) is 1.85. The van der Waals surface area contributed by atoms with Crippen LogP contribution in [0.25, 0.3) is 0 Å². The fourth-order valence-electron chi connectivity index (χ4n) is 2.70. The zero-order valence-electron chi connectivity index (χ0n) is 15.9. The van der Waals surface area contributed by atoms with Gasteiger partial charge in [0.2, 0.25) is 11.8 Å². The van der Waals surface area contributed by atoms with Crippen LogP contribution in [0.15, 0.2) is 67.3 Å². The van der Waals surface area contributed by atoms with Crippen LogP contribution in [0.4, 0.5) is 0 Å². The first-order chi connectivity index (χ1) is 13.0. The van der Waals surface area contributed by atoms with Crippen molar-refractivity contribution in [2.45, 2.75) is 25.9 Å². The summed E-state index contributed by atoms with van der Waals surface area (Å²) >= 11 is 0. The number of methoxy groups -OCH3 is 1. The normalized spacial score (nSPS) is 11.3. The van der Waals surface area contributed by atoms with Gasteiger partial charge in [0.15, 0.2) is 0 Å². The monoisotopic (exact) mass is 366 g/mol. The lowest BCUT2D eigenvalue weighted by molar-refractivity contribution is -0.140. The summed E-state index contributed by atoms with van der Waals surface area (Å²) in [6.07, 6.45) is 1.86. The molecule has 0 saturated heterocycles. The molecular formula is C22H26N2O3. The number of amides is 2. The van der Waals surface area contributed by atoms with Crippen LogP contribution in [0.5, 0.6) is 5.75 Å². The Balaban J connectivity index is 2.19. The molecule has 2 amide bonds. The summed E-state index contributed by atoms with van der Waals surface area (Å²) in [6, 6.07) is 16.4. The summed E-state index contributed by atoms with van der Waals surface area (Å²) < 4.78 is 5.18. The Bertz CT molecular complexity index is 757. The number of nitrogens with zero attached hydrogens (tertiary/aromatic N) is 1. The minimum atomic E-state index is -0.594. The fourth-order valence-corrected chi connectivity index (χ4v) is 2.70. The van der Waals surface area contributed by atoms with Crippen molar-refractivity contribution in [1.82, 2.24) is 10.2 Å². The van der Waals surface area contributed by atoms with E-state index in [9.17, 15) is 9.59 Å². The number of ether oxygens (including phenoxy) is 1. The van der Waals surface area contributed by atoms with Crippen LogP contribution in [0, 0.1) is 0 Å². The van der Waals surface area contributed by atoms with E-state index in [1.54, 1.807) is 25.0 Å². The van der Waals surface area contributed by atoms with Crippen molar-refractivity contribution in [3.63, 3.8) is 0 Å². The molecule has 0 aliphatic rings. The van der Waals surface area contributed by atoms with Crippen LogP contribution in [0.3, 0.4) is 0 Å². The van der Waals surface area contributed by atoms with Gasteiger partial charge in [0.05, 0.1) is 13.5 Å². The van der Waals surface area contributed by atoms with E-state index in [1.807, 2.05) is 54.6 Å². The number of benzene rings is 2. The Morgan fingerprint density at radius 1 is 1.11 bits per heavy atom. The van der Waals surface area contributed by atoms with Crippen molar-refractivity contribution in [2.75, 3.05) is 13.7 Å². The van der Waals surface area contributed by atoms with Crippen molar-refractivity contribution < 1.29 is 14.3 Å². The summed E-state index contributed by atoms with van der Waals surface area (Å²) in [4.78, 5) is 27.0. The molecule has 1 unspecified atom stereocenters. The van der Waals surface area contributed by atoms with Gasteiger partial charge in [-0.15, -0.1) is 6.58 Å². The molecule has 0 heterocycles. The fraction of sp³-hybridized carbons (Fsp3) is 0.273. The average Bonchev–Trinajstić information content (AvgIpc) is 2.70. The molecule has 0 aromatic heterocycles. The van der Waals surface area contributed by atoms with E-state index < -0.39 is 6.04 Å². The summed E-state index contributed by atoms with van der Waals surface area (Å²) in [5, 5.41) is 2.76. The number of hydrogen-bond donors (Lipinski definition) is 1. The quantitative estimate of drug-likeness (QED) is 0.694. The highest BCUT2D eigenvalue weighted by Gasteiger charge is 2.25. The average molecular weight is 366 g/mol. The van der Waals surface area contributed by atoms with Gasteiger partial charge in [-0.2, -0.15) is 0 Å². The van der Waals surface area contributed by atoms with Crippen molar-refractivity contribution in [3.8, 4) is 5.75 Å². The molecule has 0 radical (unpaired) electrons. The Morgan fingerprint density at radius 3 is 2.37 bits per heavy atom. The Kier molecular flexibility index (Phi) is 7.62. The molecule has 27 heavy (non-hydrogen) atoms. The predicted octanol–water partition coefficient (Wildman–Crippen LogP) is 2.96. The van der Waals surface area contributed by atoms with Crippen LogP contribution in [-0.4, -0.2) is 36.4 Å². The standard InChI is InChI=1S/C22H26N2O3/c1-4-14-23-22(26)17(2)24(16-19-10-12-20(27-3)13-11-19)21(25)15-18-8-6-5-7-9-18/h4-13,17H,1,14-16H2,2-3H3,(H,23,26). The molecule has 2 rings (SSSR count). The third kappa shape index (κ3) is 5.99. The molecule has 0 fully saturated rings. The van der Waals surface area contributed by atoms with E-state index in [0.29, 0.717) is 13.1 Å². The molecule has 0 spiro atoms. The molecule has 1 N–H and O–H groups in total. The number of rotatable bonds is 9. The second kappa shape index (κ2) is 10.2. The van der Waals surface area contributed by atoms with Gasteiger partial charge in [0, 0.05) is 13.1 Å². The van der Waals surface area contributed by atoms with Crippen molar-refractivity contribution in [3.05, 3.63) is 78.4 Å². The maximum atomic E-state index is 13.0. The lowest BCUT2D eigenvalue weighted by Gasteiger charge is -2.29. The van der Waals surface area contributed by atoms with Gasteiger partial charge in [-0.1, -0.05) is 48.5 Å². The summed E-state index contributed by atoms with van der Waals surface area (Å²) in [5.74, 6) is 0.445. The maximum Gasteiger partial charge on any atom is 0.242 e. The van der Waals surface area contributed by atoms with E-state index in [4.69, 9.17) is 4.74 Å². The zero-order valence-corrected chi connectivity index (χ0v) is 15.9. The third-order valence-corrected chi connectivity index (χ3v) is 4.30. The van der Waals surface area contributed by atoms with Gasteiger partial charge in [0.25, 0.3) is 0 Å². The van der Waals surface area contributed by atoms with Gasteiger partial charge in [-0.3, -0.25) is 9.59 Å². The molecular weight excluding hydrogens is 340 g/mol. The van der Waals surface area contributed by atoms with Crippen molar-refractivity contribution >= 4 is 11.8 Å². The van der Waals surface area contributed by atoms with Crippen LogP contribution in [-0.2, 0) is 22.6 Å². The van der Waals surface area contributed by atoms with E-state index in [0.717, 1.165) is 16.9 Å². The van der Waals surface area contributed by atoms with Crippen molar-refractivity contribution in [2.24, 2.45) is 0 Å². The first kappa shape index (κ1) is 20.2. The highest BCUT2D eigenvalue weighted by molar-refractivity contribution is 5.88. The Hall–Kier alpha value is -3.08. The third-order valence-electron chi connectivity index (χ3n) is 4.30. The molecule has 0 saturated carbocycles. The van der Waals surface area contributed by atoms with Gasteiger partial charge in [-0.05, 0) is 30.2 Å². The van der Waals surface area contributed by atoms with Gasteiger partial charge < -0.3 is 15.0 Å². The number of carbonyl (C=O) groups excluding carboxylic acids is 2. The molecule has 1 atom stereocenters. The molecule has 0 aliphatic heterocycles. The minimum Gasteiger partial charge on any atom is -0.497 e. The second-order valence-corrected chi connectivity index (χ2v) is 6.24. The lowest BCUT2D eigenvalue weighted by Crippen LogP contribution is -2.48. The van der Waals surface area contributed by atoms with Gasteiger partial charge in [-0.25, -0.2) is 0 Å². The smallest absolute Gasteiger partial charge is 0.242 e. The van der Waals surface area contributed by atoms with Crippen LogP contribution >= 0.6 is 0 Å². The second-order valence-electron chi connectivity index (χ2n) is 6.24. The summed E-state index contributed by atoms with van der Waals surface area (Å²) in [7, 11) is 1.61. The lowest BCUT2D eigenvalue weighted by atomic mass is 10.1.